The molecule has 4 aromatic carbocycles. The van der Waals surface area contributed by atoms with Gasteiger partial charge in [-0.2, -0.15) is 5.10 Å². The predicted octanol–water partition coefficient (Wildman–Crippen LogP) is 6.66. The summed E-state index contributed by atoms with van der Waals surface area (Å²) in [6, 6.07) is 16.5. The number of benzene rings is 4. The lowest BCUT2D eigenvalue weighted by Crippen LogP contribution is -2.52. The van der Waals surface area contributed by atoms with Gasteiger partial charge in [-0.25, -0.2) is 14.2 Å². The maximum absolute atomic E-state index is 14.0. The molecule has 2 saturated heterocycles. The van der Waals surface area contributed by atoms with E-state index in [1.165, 1.54) is 12.1 Å². The van der Waals surface area contributed by atoms with E-state index >= 15 is 0 Å². The molecule has 3 aromatic heterocycles. The summed E-state index contributed by atoms with van der Waals surface area (Å²) in [5.74, 6) is -1.74. The van der Waals surface area contributed by atoms with E-state index in [1.807, 2.05) is 73.7 Å². The molecule has 9 rings (SSSR count). The molecule has 0 saturated carbocycles. The first kappa shape index (κ1) is 47.0. The number of piperazine rings is 1. The third kappa shape index (κ3) is 9.15. The highest BCUT2D eigenvalue weighted by atomic mass is 35.5. The van der Waals surface area contributed by atoms with Crippen molar-refractivity contribution in [3.8, 4) is 16.9 Å². The van der Waals surface area contributed by atoms with Crippen LogP contribution in [0, 0.1) is 33.5 Å². The first-order valence-electron chi connectivity index (χ1n) is 23.1. The van der Waals surface area contributed by atoms with Crippen LogP contribution in [-0.4, -0.2) is 114 Å². The lowest BCUT2D eigenvalue weighted by molar-refractivity contribution is -0.135. The van der Waals surface area contributed by atoms with Crippen LogP contribution in [0.3, 0.4) is 0 Å². The fourth-order valence-electron chi connectivity index (χ4n) is 9.99. The van der Waals surface area contributed by atoms with Gasteiger partial charge in [-0.05, 0) is 106 Å². The molecular weight excluding hydrogens is 905 g/mol. The molecule has 2 aliphatic heterocycles. The van der Waals surface area contributed by atoms with E-state index in [4.69, 9.17) is 16.3 Å². The van der Waals surface area contributed by atoms with E-state index in [2.05, 4.69) is 25.6 Å². The number of imide groups is 1. The highest BCUT2D eigenvalue weighted by molar-refractivity contribution is 6.35. The Balaban J connectivity index is 0.924. The SMILES string of the molecule is Cc1cc(C(=O)NC2CCC(=O)NC2=O)c2nc(C)n(CC(=O)N3CCN(CCn4c(C(=O)O)c(CCCOc5cccc6cc(F)ccc56)c5ccc(Cl)c(-c6c(C)nn(C)c6C)c54)CC3)c2c1. The average Bonchev–Trinajstić information content (AvgIpc) is 3.90. The Morgan fingerprint density at radius 3 is 2.43 bits per heavy atom. The monoisotopic (exact) mass is 957 g/mol. The van der Waals surface area contributed by atoms with Crippen molar-refractivity contribution in [3.63, 3.8) is 0 Å². The quantitative estimate of drug-likeness (QED) is 0.0787. The van der Waals surface area contributed by atoms with E-state index in [1.54, 1.807) is 28.3 Å². The normalized spacial score (nSPS) is 15.6. The van der Waals surface area contributed by atoms with Gasteiger partial charge >= 0.3 is 5.97 Å². The minimum absolute atomic E-state index is 0.00374. The van der Waals surface area contributed by atoms with Crippen molar-refractivity contribution in [2.45, 2.75) is 72.5 Å². The van der Waals surface area contributed by atoms with Crippen LogP contribution in [0.4, 0.5) is 4.39 Å². The predicted molar refractivity (Wildman–Crippen MR) is 259 cm³/mol. The molecule has 2 aliphatic rings. The number of aromatic carboxylic acids is 1. The lowest BCUT2D eigenvalue weighted by atomic mass is 9.98. The number of hydrogen-bond acceptors (Lipinski definition) is 9. The third-order valence-electron chi connectivity index (χ3n) is 13.5. The fraction of sp³-hybridized carbons (Fsp3) is 0.353. The van der Waals surface area contributed by atoms with Crippen molar-refractivity contribution in [2.75, 3.05) is 39.3 Å². The maximum atomic E-state index is 14.0. The number of imidazole rings is 1. The first-order valence-corrected chi connectivity index (χ1v) is 23.5. The van der Waals surface area contributed by atoms with Crippen LogP contribution in [0.15, 0.2) is 60.7 Å². The Labute approximate surface area is 401 Å². The summed E-state index contributed by atoms with van der Waals surface area (Å²) in [7, 11) is 1.87. The van der Waals surface area contributed by atoms with Crippen molar-refractivity contribution in [3.05, 3.63) is 111 Å². The van der Waals surface area contributed by atoms with Crippen LogP contribution < -0.4 is 15.4 Å². The highest BCUT2D eigenvalue weighted by Gasteiger charge is 2.31. The number of piperidine rings is 1. The van der Waals surface area contributed by atoms with E-state index in [9.17, 15) is 33.5 Å². The van der Waals surface area contributed by atoms with Gasteiger partial charge in [0.25, 0.3) is 5.91 Å². The summed E-state index contributed by atoms with van der Waals surface area (Å²) < 4.78 is 25.7. The van der Waals surface area contributed by atoms with Crippen molar-refractivity contribution in [1.29, 1.82) is 0 Å². The molecule has 5 heterocycles. The average molecular weight is 958 g/mol. The van der Waals surface area contributed by atoms with Gasteiger partial charge in [0.05, 0.1) is 33.9 Å². The van der Waals surface area contributed by atoms with Gasteiger partial charge in [0.2, 0.25) is 17.7 Å². The summed E-state index contributed by atoms with van der Waals surface area (Å²) in [5, 5.41) is 23.5. The number of amides is 4. The smallest absolute Gasteiger partial charge is 0.352 e. The summed E-state index contributed by atoms with van der Waals surface area (Å²) in [6.45, 7) is 10.7. The number of rotatable bonds is 14. The van der Waals surface area contributed by atoms with Crippen LogP contribution in [0.2, 0.25) is 5.02 Å². The molecule has 0 aliphatic carbocycles. The van der Waals surface area contributed by atoms with E-state index in [0.29, 0.717) is 91.9 Å². The van der Waals surface area contributed by atoms with Gasteiger partial charge in [0.1, 0.15) is 41.2 Å². The van der Waals surface area contributed by atoms with E-state index < -0.39 is 23.8 Å². The summed E-state index contributed by atoms with van der Waals surface area (Å²) in [4.78, 5) is 73.7. The standard InChI is InChI=1S/C51H53ClFN9O7/c1-28-24-37(49(65)55-39-15-16-42(63)56-50(39)66)46-40(25-28)62(31(4)54-46)27-43(64)60-20-17-59(18-21-60)19-22-61-47-36(13-14-38(52)45(47)44-29(2)57-58(5)30(44)3)35(48(61)51(67)68)9-7-23-69-41-10-6-8-32-26-33(53)11-12-34(32)41/h6,8,10-14,24-26,39H,7,9,15-23,27H2,1-5H3,(H,55,65)(H,67,68)(H,56,63,66). The number of carboxylic acid groups (broad SMARTS) is 1. The molecule has 16 nitrogen and oxygen atoms in total. The molecule has 1 unspecified atom stereocenters. The second-order valence-electron chi connectivity index (χ2n) is 18.0. The summed E-state index contributed by atoms with van der Waals surface area (Å²) in [5.41, 5.74) is 6.88. The van der Waals surface area contributed by atoms with Crippen molar-refractivity contribution in [2.24, 2.45) is 7.05 Å². The molecule has 4 amide bonds. The number of fused-ring (bicyclic) bond motifs is 3. The van der Waals surface area contributed by atoms with Gasteiger partial charge in [0.15, 0.2) is 0 Å². The molecule has 1 atom stereocenters. The van der Waals surface area contributed by atoms with Gasteiger partial charge in [-0.1, -0.05) is 29.8 Å². The first-order chi connectivity index (χ1) is 33.1. The zero-order chi connectivity index (χ0) is 48.8. The molecule has 0 bridgehead atoms. The number of nitrogens with zero attached hydrogens (tertiary/aromatic N) is 7. The van der Waals surface area contributed by atoms with Crippen molar-refractivity contribution < 1.29 is 38.2 Å². The molecule has 69 heavy (non-hydrogen) atoms. The number of nitrogens with one attached hydrogen (secondary N) is 2. The summed E-state index contributed by atoms with van der Waals surface area (Å²) in [6.07, 6.45) is 1.23. The Bertz CT molecular complexity index is 3240. The zero-order valence-corrected chi connectivity index (χ0v) is 39.9. The molecular formula is C51H53ClFN9O7. The molecule has 7 aromatic rings. The molecule has 2 fully saturated rings. The second kappa shape index (κ2) is 19.1. The van der Waals surface area contributed by atoms with Crippen LogP contribution in [-0.2, 0) is 40.9 Å². The van der Waals surface area contributed by atoms with Crippen LogP contribution in [0.25, 0.3) is 43.8 Å². The molecule has 358 valence electrons. The highest BCUT2D eigenvalue weighted by Crippen LogP contribution is 2.42. The van der Waals surface area contributed by atoms with Crippen LogP contribution in [0.5, 0.6) is 5.75 Å². The fourth-order valence-corrected chi connectivity index (χ4v) is 10.2. The van der Waals surface area contributed by atoms with Gasteiger partial charge in [-0.3, -0.25) is 34.1 Å². The Morgan fingerprint density at radius 1 is 0.942 bits per heavy atom. The number of hydrogen-bond donors (Lipinski definition) is 3. The minimum Gasteiger partial charge on any atom is -0.493 e. The van der Waals surface area contributed by atoms with Gasteiger partial charge < -0.3 is 29.2 Å². The van der Waals surface area contributed by atoms with Gasteiger partial charge in [0, 0.05) is 80.3 Å². The number of carbonyl (C=O) groups is 5. The second-order valence-corrected chi connectivity index (χ2v) is 18.4. The van der Waals surface area contributed by atoms with E-state index in [-0.39, 0.29) is 48.3 Å². The van der Waals surface area contributed by atoms with Gasteiger partial charge in [-0.15, -0.1) is 0 Å². The minimum atomic E-state index is -1.06. The largest absolute Gasteiger partial charge is 0.493 e. The number of ether oxygens (including phenoxy) is 1. The van der Waals surface area contributed by atoms with Crippen LogP contribution in [0.1, 0.15) is 68.4 Å². The van der Waals surface area contributed by atoms with Crippen LogP contribution >= 0.6 is 11.6 Å². The Kier molecular flexibility index (Phi) is 13.0. The molecule has 0 spiro atoms. The number of halogens is 2. The Hall–Kier alpha value is -7.11. The third-order valence-corrected chi connectivity index (χ3v) is 13.8. The number of carboxylic acids is 1. The number of carbonyl (C=O) groups excluding carboxylic acids is 4. The lowest BCUT2D eigenvalue weighted by Gasteiger charge is -2.35. The Morgan fingerprint density at radius 2 is 1.71 bits per heavy atom. The zero-order valence-electron chi connectivity index (χ0n) is 39.1. The topological polar surface area (TPSA) is 186 Å². The molecule has 18 heteroatoms. The van der Waals surface area contributed by atoms with Crippen molar-refractivity contribution in [1.82, 2.24) is 44.3 Å². The maximum Gasteiger partial charge on any atom is 0.352 e. The number of aryl methyl sites for hydroxylation is 5. The van der Waals surface area contributed by atoms with Crippen molar-refractivity contribution >= 4 is 73.9 Å². The molecule has 0 radical (unpaired) electrons. The number of aromatic nitrogens is 5. The summed E-state index contributed by atoms with van der Waals surface area (Å²) >= 11 is 7.08. The van der Waals surface area contributed by atoms with E-state index in [0.717, 1.165) is 49.8 Å². The molecule has 3 N–H and O–H groups in total.